The zero-order valence-corrected chi connectivity index (χ0v) is 23.2. The molecule has 1 aromatic rings. The Kier molecular flexibility index (Phi) is 8.97. The number of likely N-dealkylation sites (tertiary alicyclic amines) is 2. The van der Waals surface area contributed by atoms with E-state index < -0.39 is 0 Å². The lowest BCUT2D eigenvalue weighted by atomic mass is 9.71. The van der Waals surface area contributed by atoms with Crippen molar-refractivity contribution in [1.82, 2.24) is 30.6 Å². The van der Waals surface area contributed by atoms with Gasteiger partial charge in [-0.05, 0) is 62.2 Å². The topological polar surface area (TPSA) is 92.5 Å². The molecule has 37 heavy (non-hydrogen) atoms. The van der Waals surface area contributed by atoms with Crippen LogP contribution in [-0.2, 0) is 17.9 Å². The first-order valence-electron chi connectivity index (χ1n) is 14.0. The number of hydrazone groups is 1. The number of hydrazine groups is 1. The van der Waals surface area contributed by atoms with Crippen molar-refractivity contribution in [2.45, 2.75) is 72.0 Å². The van der Waals surface area contributed by atoms with Crippen LogP contribution in [0.1, 0.15) is 64.0 Å². The molecule has 0 aliphatic carbocycles. The maximum Gasteiger partial charge on any atom is 0.215 e. The van der Waals surface area contributed by atoms with Crippen LogP contribution in [0.4, 0.5) is 0 Å². The third kappa shape index (κ3) is 6.38. The van der Waals surface area contributed by atoms with Gasteiger partial charge in [-0.15, -0.1) is 5.10 Å². The Morgan fingerprint density at radius 1 is 1.19 bits per heavy atom. The first-order valence-corrected chi connectivity index (χ1v) is 14.0. The van der Waals surface area contributed by atoms with Gasteiger partial charge in [-0.1, -0.05) is 44.5 Å². The van der Waals surface area contributed by atoms with E-state index in [4.69, 9.17) is 5.73 Å². The molecule has 4 N–H and O–H groups in total. The molecular weight excluding hydrogens is 464 g/mol. The summed E-state index contributed by atoms with van der Waals surface area (Å²) < 4.78 is 0. The minimum atomic E-state index is 0.368. The quantitative estimate of drug-likeness (QED) is 0.372. The second kappa shape index (κ2) is 12.2. The molecule has 9 nitrogen and oxygen atoms in total. The molecule has 4 rings (SSSR count). The predicted octanol–water partition coefficient (Wildman–Crippen LogP) is 2.62. The fourth-order valence-electron chi connectivity index (χ4n) is 5.77. The molecule has 0 saturated carbocycles. The number of carbonyl (C=O) groups excluding carboxylic acids is 1. The van der Waals surface area contributed by atoms with Gasteiger partial charge in [0.15, 0.2) is 11.7 Å². The molecule has 1 aromatic carbocycles. The van der Waals surface area contributed by atoms with Gasteiger partial charge >= 0.3 is 0 Å². The molecule has 2 fully saturated rings. The summed E-state index contributed by atoms with van der Waals surface area (Å²) in [6, 6.07) is 9.35. The Morgan fingerprint density at radius 3 is 2.46 bits per heavy atom. The van der Waals surface area contributed by atoms with Gasteiger partial charge in [0.05, 0.1) is 13.1 Å². The van der Waals surface area contributed by atoms with Gasteiger partial charge in [0.1, 0.15) is 5.70 Å². The van der Waals surface area contributed by atoms with Crippen LogP contribution < -0.4 is 16.5 Å². The molecule has 1 spiro atoms. The summed E-state index contributed by atoms with van der Waals surface area (Å²) in [5.41, 5.74) is 13.0. The van der Waals surface area contributed by atoms with E-state index in [9.17, 15) is 4.79 Å². The van der Waals surface area contributed by atoms with E-state index in [0.717, 1.165) is 31.4 Å². The molecule has 3 aliphatic rings. The summed E-state index contributed by atoms with van der Waals surface area (Å²) in [5.74, 6) is 0.989. The summed E-state index contributed by atoms with van der Waals surface area (Å²) in [6.07, 6.45) is 6.77. The maximum atomic E-state index is 12.1. The van der Waals surface area contributed by atoms with Crippen LogP contribution in [-0.4, -0.2) is 77.9 Å². The summed E-state index contributed by atoms with van der Waals surface area (Å²) in [4.78, 5) is 19.0. The minimum absolute atomic E-state index is 0.368. The lowest BCUT2D eigenvalue weighted by molar-refractivity contribution is -0.117. The Hall–Kier alpha value is -2.78. The van der Waals surface area contributed by atoms with Gasteiger partial charge in [0.2, 0.25) is 6.41 Å². The molecule has 204 valence electrons. The number of nitrogens with zero attached hydrogens (tertiary/aromatic N) is 5. The van der Waals surface area contributed by atoms with Gasteiger partial charge in [0.25, 0.3) is 0 Å². The highest BCUT2D eigenvalue weighted by Gasteiger charge is 2.44. The highest BCUT2D eigenvalue weighted by Crippen LogP contribution is 2.41. The number of rotatable bonds is 12. The number of nitrogens with two attached hydrogens (primary N) is 1. The zero-order chi connectivity index (χ0) is 26.4. The number of hydrogen-bond acceptors (Lipinski definition) is 8. The van der Waals surface area contributed by atoms with Gasteiger partial charge in [-0.2, -0.15) is 0 Å². The van der Waals surface area contributed by atoms with Crippen molar-refractivity contribution < 1.29 is 4.79 Å². The normalized spacial score (nSPS) is 20.8. The Bertz CT molecular complexity index is 959. The molecule has 2 saturated heterocycles. The Balaban J connectivity index is 1.31. The summed E-state index contributed by atoms with van der Waals surface area (Å²) in [7, 11) is 1.79. The molecule has 1 unspecified atom stereocenters. The third-order valence-corrected chi connectivity index (χ3v) is 8.32. The summed E-state index contributed by atoms with van der Waals surface area (Å²) in [6.45, 7) is 13.9. The highest BCUT2D eigenvalue weighted by molar-refractivity contribution is 5.97. The number of amidine groups is 1. The molecule has 1 amide bonds. The molecule has 1 atom stereocenters. The van der Waals surface area contributed by atoms with Gasteiger partial charge < -0.3 is 16.0 Å². The summed E-state index contributed by atoms with van der Waals surface area (Å²) in [5, 5.41) is 9.19. The largest absolute Gasteiger partial charge is 0.382 e. The molecule has 0 bridgehead atoms. The average Bonchev–Trinajstić information content (AvgIpc) is 2.90. The van der Waals surface area contributed by atoms with Crippen molar-refractivity contribution >= 4 is 12.2 Å². The SMILES string of the molecule is CCCCN1N=C(N)C(NC)=C(N(C=O)Cc2ccc(CN3CC4(CCN(C(C)CC)CC4)C3)cc2)N1. The number of amides is 1. The first-order chi connectivity index (χ1) is 17.9. The van der Waals surface area contributed by atoms with E-state index in [-0.39, 0.29) is 0 Å². The fraction of sp³-hybridized carbons (Fsp3) is 0.643. The second-order valence-electron chi connectivity index (χ2n) is 11.0. The maximum absolute atomic E-state index is 12.1. The van der Waals surface area contributed by atoms with E-state index in [0.29, 0.717) is 41.9 Å². The first kappa shape index (κ1) is 27.3. The molecular formula is C28H46N8O. The fourth-order valence-corrected chi connectivity index (χ4v) is 5.77. The van der Waals surface area contributed by atoms with Crippen molar-refractivity contribution in [3.8, 4) is 0 Å². The van der Waals surface area contributed by atoms with Crippen LogP contribution in [0.3, 0.4) is 0 Å². The van der Waals surface area contributed by atoms with Crippen LogP contribution in [0, 0.1) is 5.41 Å². The average molecular weight is 511 g/mol. The van der Waals surface area contributed by atoms with E-state index >= 15 is 0 Å². The van der Waals surface area contributed by atoms with Crippen LogP contribution in [0.15, 0.2) is 40.9 Å². The highest BCUT2D eigenvalue weighted by atomic mass is 16.1. The van der Waals surface area contributed by atoms with Crippen LogP contribution >= 0.6 is 0 Å². The summed E-state index contributed by atoms with van der Waals surface area (Å²) >= 11 is 0. The molecule has 3 heterocycles. The van der Waals surface area contributed by atoms with Crippen molar-refractivity contribution in [1.29, 1.82) is 0 Å². The number of hydrogen-bond donors (Lipinski definition) is 3. The number of nitrogens with one attached hydrogen (secondary N) is 2. The molecule has 3 aliphatic heterocycles. The Labute approximate surface area is 222 Å². The standard InChI is InChI=1S/C28H46N8O/c1-5-7-14-36-31-26(29)25(30-4)27(32-36)35(21-37)18-24-10-8-23(9-11-24)17-33-19-28(20-33)12-15-34(16-13-28)22(3)6-2/h8-11,21-22,30,32H,5-7,12-20H2,1-4H3,(H2,29,31). The lowest BCUT2D eigenvalue weighted by Crippen LogP contribution is -2.60. The zero-order valence-electron chi connectivity index (χ0n) is 23.2. The number of unbranched alkanes of at least 4 members (excludes halogenated alkanes) is 1. The lowest BCUT2D eigenvalue weighted by Gasteiger charge is -2.55. The van der Waals surface area contributed by atoms with Crippen molar-refractivity contribution in [2.24, 2.45) is 16.3 Å². The van der Waals surface area contributed by atoms with Gasteiger partial charge in [-0.25, -0.2) is 5.12 Å². The predicted molar refractivity (Wildman–Crippen MR) is 149 cm³/mol. The van der Waals surface area contributed by atoms with Crippen molar-refractivity contribution in [2.75, 3.05) is 39.8 Å². The number of carbonyl (C=O) groups is 1. The van der Waals surface area contributed by atoms with E-state index in [1.54, 1.807) is 17.1 Å². The van der Waals surface area contributed by atoms with Crippen molar-refractivity contribution in [3.05, 3.63) is 46.9 Å². The van der Waals surface area contributed by atoms with E-state index in [1.807, 2.05) is 0 Å². The van der Waals surface area contributed by atoms with Gasteiger partial charge in [-0.3, -0.25) is 20.0 Å². The molecule has 0 radical (unpaired) electrons. The third-order valence-electron chi connectivity index (χ3n) is 8.32. The second-order valence-corrected chi connectivity index (χ2v) is 11.0. The van der Waals surface area contributed by atoms with Crippen LogP contribution in [0.2, 0.25) is 0 Å². The van der Waals surface area contributed by atoms with E-state index in [2.05, 4.69) is 70.7 Å². The number of benzene rings is 1. The van der Waals surface area contributed by atoms with Gasteiger partial charge in [0, 0.05) is 32.7 Å². The molecule has 0 aromatic heterocycles. The molecule has 9 heteroatoms. The number of likely N-dealkylation sites (N-methyl/N-ethyl adjacent to an activating group) is 1. The van der Waals surface area contributed by atoms with Crippen LogP contribution in [0.5, 0.6) is 0 Å². The van der Waals surface area contributed by atoms with Crippen LogP contribution in [0.25, 0.3) is 0 Å². The smallest absolute Gasteiger partial charge is 0.215 e. The number of piperidine rings is 1. The monoisotopic (exact) mass is 510 g/mol. The van der Waals surface area contributed by atoms with Crippen molar-refractivity contribution in [3.63, 3.8) is 0 Å². The Morgan fingerprint density at radius 2 is 1.86 bits per heavy atom. The minimum Gasteiger partial charge on any atom is -0.382 e. The van der Waals surface area contributed by atoms with E-state index in [1.165, 1.54) is 51.0 Å².